The van der Waals surface area contributed by atoms with Gasteiger partial charge in [-0.2, -0.15) is 10.5 Å². The predicted molar refractivity (Wildman–Crippen MR) is 204 cm³/mol. The molecule has 0 aliphatic heterocycles. The number of thioether (sulfide) groups is 1. The Kier molecular flexibility index (Phi) is 15.3. The number of ether oxygens (including phenoxy) is 4. The van der Waals surface area contributed by atoms with Gasteiger partial charge >= 0.3 is 18.0 Å². The molecule has 2 heterocycles. The summed E-state index contributed by atoms with van der Waals surface area (Å²) in [4.78, 5) is 45.5. The number of carbonyl (C=O) groups is 3. The van der Waals surface area contributed by atoms with E-state index in [1.807, 2.05) is 0 Å². The number of nitrogens with two attached hydrogens (primary N) is 1. The van der Waals surface area contributed by atoms with Crippen molar-refractivity contribution in [3.63, 3.8) is 0 Å². The van der Waals surface area contributed by atoms with E-state index >= 15 is 0 Å². The molecule has 0 saturated carbocycles. The maximum absolute atomic E-state index is 12.4. The highest BCUT2D eigenvalue weighted by Crippen LogP contribution is 2.37. The van der Waals surface area contributed by atoms with Gasteiger partial charge in [-0.1, -0.05) is 35.5 Å². The van der Waals surface area contributed by atoms with Crippen molar-refractivity contribution in [2.75, 3.05) is 39.1 Å². The van der Waals surface area contributed by atoms with Gasteiger partial charge in [0.15, 0.2) is 6.10 Å². The molecular weight excluding hydrogens is 750 g/mol. The van der Waals surface area contributed by atoms with Gasteiger partial charge in [-0.15, -0.1) is 0 Å². The number of pyridine rings is 1. The van der Waals surface area contributed by atoms with Gasteiger partial charge in [-0.3, -0.25) is 9.59 Å². The SMILES string of the molecule is CNCCC(=O)OC(COC(=O)CCNC(=O)OC(C)(C)C)COc1ccc(-c2c(C#N)c(N)nc(SCc3coc(-c4ccc(Cl)cc4)n3)c2C#N)cc1. The number of hydrogen-bond acceptors (Lipinski definition) is 15. The summed E-state index contributed by atoms with van der Waals surface area (Å²) >= 11 is 7.21. The van der Waals surface area contributed by atoms with Gasteiger partial charge in [0.05, 0.1) is 24.1 Å². The number of nitrogens with one attached hydrogen (secondary N) is 2. The summed E-state index contributed by atoms with van der Waals surface area (Å²) in [5.74, 6) is -0.120. The van der Waals surface area contributed by atoms with Crippen LogP contribution in [0.2, 0.25) is 5.02 Å². The molecule has 4 N–H and O–H groups in total. The molecule has 15 nitrogen and oxygen atoms in total. The molecule has 2 aromatic heterocycles. The van der Waals surface area contributed by atoms with Crippen LogP contribution >= 0.6 is 23.4 Å². The third kappa shape index (κ3) is 12.9. The first-order valence-electron chi connectivity index (χ1n) is 17.0. The topological polar surface area (TPSA) is 225 Å². The minimum Gasteiger partial charge on any atom is -0.490 e. The number of aromatic nitrogens is 2. The fraction of sp³-hybridized carbons (Fsp3) is 0.342. The van der Waals surface area contributed by atoms with E-state index in [0.29, 0.717) is 50.8 Å². The van der Waals surface area contributed by atoms with Crippen LogP contribution in [0.4, 0.5) is 10.6 Å². The molecular formula is C38H40ClN7O8S. The molecule has 0 aliphatic carbocycles. The zero-order chi connectivity index (χ0) is 40.0. The Morgan fingerprint density at radius 2 is 1.62 bits per heavy atom. The standard InChI is InChI=1S/C38H40ClN7O8S/c1-38(2,3)54-37(49)44-16-14-31(47)51-21-28(53-32(48)13-15-43-4)20-50-27-11-7-23(8-12-27)33-29(17-40)34(42)46-36(30(33)18-41)55-22-26-19-52-35(45-26)24-5-9-25(39)10-6-24/h5-12,19,28,43H,13-16,20-22H2,1-4H3,(H2,42,46)(H,44,49). The Labute approximate surface area is 327 Å². The molecule has 1 unspecified atom stereocenters. The van der Waals surface area contributed by atoms with Crippen LogP contribution < -0.4 is 21.1 Å². The van der Waals surface area contributed by atoms with Crippen molar-refractivity contribution in [1.29, 1.82) is 10.5 Å². The lowest BCUT2D eigenvalue weighted by atomic mass is 9.97. The van der Waals surface area contributed by atoms with E-state index in [2.05, 4.69) is 32.7 Å². The lowest BCUT2D eigenvalue weighted by molar-refractivity contribution is -0.160. The van der Waals surface area contributed by atoms with E-state index in [0.717, 1.165) is 5.56 Å². The maximum atomic E-state index is 12.4. The smallest absolute Gasteiger partial charge is 0.407 e. The molecule has 55 heavy (non-hydrogen) atoms. The number of benzene rings is 2. The summed E-state index contributed by atoms with van der Waals surface area (Å²) < 4.78 is 27.5. The predicted octanol–water partition coefficient (Wildman–Crippen LogP) is 6.03. The molecule has 0 radical (unpaired) electrons. The number of carbonyl (C=O) groups excluding carboxylic acids is 3. The lowest BCUT2D eigenvalue weighted by Gasteiger charge is -2.20. The van der Waals surface area contributed by atoms with Crippen LogP contribution in [0.25, 0.3) is 22.6 Å². The number of esters is 2. The number of rotatable bonds is 17. The monoisotopic (exact) mass is 789 g/mol. The Morgan fingerprint density at radius 1 is 0.945 bits per heavy atom. The number of amides is 1. The van der Waals surface area contributed by atoms with Crippen molar-refractivity contribution in [1.82, 2.24) is 20.6 Å². The van der Waals surface area contributed by atoms with Crippen molar-refractivity contribution < 1.29 is 37.7 Å². The number of nitrogen functional groups attached to an aromatic ring is 1. The van der Waals surface area contributed by atoms with Crippen LogP contribution in [-0.2, 0) is 29.6 Å². The largest absolute Gasteiger partial charge is 0.490 e. The average molecular weight is 790 g/mol. The van der Waals surface area contributed by atoms with E-state index in [1.165, 1.54) is 18.0 Å². The van der Waals surface area contributed by atoms with Gasteiger partial charge in [-0.25, -0.2) is 14.8 Å². The minimum absolute atomic E-state index is 0.0128. The fourth-order valence-corrected chi connectivity index (χ4v) is 5.76. The molecule has 1 amide bonds. The van der Waals surface area contributed by atoms with E-state index in [-0.39, 0.29) is 49.5 Å². The Hall–Kier alpha value is -5.81. The van der Waals surface area contributed by atoms with Crippen LogP contribution in [-0.4, -0.2) is 73.1 Å². The Morgan fingerprint density at radius 3 is 2.27 bits per heavy atom. The summed E-state index contributed by atoms with van der Waals surface area (Å²) in [7, 11) is 1.70. The molecule has 17 heteroatoms. The van der Waals surface area contributed by atoms with Crippen molar-refractivity contribution in [3.05, 3.63) is 76.6 Å². The molecule has 4 aromatic rings. The van der Waals surface area contributed by atoms with Gasteiger partial charge in [0.2, 0.25) is 5.89 Å². The van der Waals surface area contributed by atoms with Gasteiger partial charge in [0.25, 0.3) is 0 Å². The fourth-order valence-electron chi connectivity index (χ4n) is 4.77. The first-order valence-corrected chi connectivity index (χ1v) is 18.3. The molecule has 1 atom stereocenters. The van der Waals surface area contributed by atoms with Crippen LogP contribution in [0.15, 0.2) is 64.2 Å². The third-order valence-electron chi connectivity index (χ3n) is 7.30. The van der Waals surface area contributed by atoms with Crippen molar-refractivity contribution >= 4 is 47.2 Å². The second kappa shape index (κ2) is 20.0. The minimum atomic E-state index is -0.950. The first-order chi connectivity index (χ1) is 26.3. The second-order valence-corrected chi connectivity index (χ2v) is 14.2. The third-order valence-corrected chi connectivity index (χ3v) is 8.56. The molecule has 4 rings (SSSR count). The quantitative estimate of drug-likeness (QED) is 0.0630. The van der Waals surface area contributed by atoms with E-state index in [4.69, 9.17) is 40.7 Å². The molecule has 0 saturated heterocycles. The summed E-state index contributed by atoms with van der Waals surface area (Å²) in [6.07, 6.45) is -0.157. The van der Waals surface area contributed by atoms with Crippen LogP contribution in [0.5, 0.6) is 5.75 Å². The number of anilines is 1. The maximum Gasteiger partial charge on any atom is 0.407 e. The molecule has 2 aromatic carbocycles. The van der Waals surface area contributed by atoms with Crippen molar-refractivity contribution in [2.24, 2.45) is 0 Å². The lowest BCUT2D eigenvalue weighted by Crippen LogP contribution is -2.34. The van der Waals surface area contributed by atoms with Crippen molar-refractivity contribution in [2.45, 2.75) is 56.1 Å². The number of halogens is 1. The number of hydrogen-bond donors (Lipinski definition) is 3. The molecule has 288 valence electrons. The van der Waals surface area contributed by atoms with Gasteiger partial charge in [0.1, 0.15) is 59.4 Å². The number of nitriles is 2. The zero-order valence-electron chi connectivity index (χ0n) is 30.6. The highest BCUT2D eigenvalue weighted by atomic mass is 35.5. The Bertz CT molecular complexity index is 2040. The normalized spacial score (nSPS) is 11.5. The number of nitrogens with zero attached hydrogens (tertiary/aromatic N) is 4. The number of alkyl carbamates (subject to hydrolysis) is 1. The highest BCUT2D eigenvalue weighted by molar-refractivity contribution is 7.98. The number of oxazole rings is 1. The van der Waals surface area contributed by atoms with Gasteiger partial charge in [0, 0.05) is 35.0 Å². The van der Waals surface area contributed by atoms with Crippen molar-refractivity contribution in [3.8, 4) is 40.5 Å². The summed E-state index contributed by atoms with van der Waals surface area (Å²) in [5.41, 5.74) is 7.89. The second-order valence-electron chi connectivity index (χ2n) is 12.8. The summed E-state index contributed by atoms with van der Waals surface area (Å²) in [6.45, 7) is 5.08. The van der Waals surface area contributed by atoms with Gasteiger partial charge in [-0.05, 0) is 69.8 Å². The highest BCUT2D eigenvalue weighted by Gasteiger charge is 2.23. The molecule has 0 bridgehead atoms. The Balaban J connectivity index is 1.43. The van der Waals surface area contributed by atoms with E-state index in [1.54, 1.807) is 76.3 Å². The molecule has 0 aliphatic rings. The van der Waals surface area contributed by atoms with Gasteiger partial charge < -0.3 is 39.7 Å². The van der Waals surface area contributed by atoms with Crippen LogP contribution in [0.1, 0.15) is 50.4 Å². The molecule has 0 fully saturated rings. The summed E-state index contributed by atoms with van der Waals surface area (Å²) in [5, 5.41) is 26.5. The van der Waals surface area contributed by atoms with E-state index in [9.17, 15) is 24.9 Å². The van der Waals surface area contributed by atoms with Crippen LogP contribution in [0.3, 0.4) is 0 Å². The van der Waals surface area contributed by atoms with E-state index < -0.39 is 29.7 Å². The molecule has 0 spiro atoms. The first kappa shape index (κ1) is 41.9. The van der Waals surface area contributed by atoms with Crippen LogP contribution in [0, 0.1) is 22.7 Å². The zero-order valence-corrected chi connectivity index (χ0v) is 32.2. The summed E-state index contributed by atoms with van der Waals surface area (Å²) in [6, 6.07) is 17.8. The average Bonchev–Trinajstić information content (AvgIpc) is 3.62.